The van der Waals surface area contributed by atoms with Crippen molar-refractivity contribution in [2.24, 2.45) is 0 Å². The van der Waals surface area contributed by atoms with Gasteiger partial charge in [0.15, 0.2) is 0 Å². The summed E-state index contributed by atoms with van der Waals surface area (Å²) in [5.74, 6) is -0.148. The van der Waals surface area contributed by atoms with Crippen LogP contribution in [0.25, 0.3) is 0 Å². The van der Waals surface area contributed by atoms with Gasteiger partial charge in [-0.3, -0.25) is 9.69 Å². The molecule has 0 unspecified atom stereocenters. The molecule has 5 heteroatoms. The Morgan fingerprint density at radius 2 is 1.71 bits per heavy atom. The van der Waals surface area contributed by atoms with Crippen molar-refractivity contribution in [1.82, 2.24) is 0 Å². The first-order chi connectivity index (χ1) is 11.5. The summed E-state index contributed by atoms with van der Waals surface area (Å²) in [5.41, 5.74) is 1.97. The van der Waals surface area contributed by atoms with Crippen molar-refractivity contribution in [3.05, 3.63) is 59.7 Å². The van der Waals surface area contributed by atoms with E-state index in [0.29, 0.717) is 17.0 Å². The van der Waals surface area contributed by atoms with Crippen LogP contribution in [0.4, 0.5) is 5.69 Å². The van der Waals surface area contributed by atoms with E-state index in [2.05, 4.69) is 0 Å². The third-order valence-corrected chi connectivity index (χ3v) is 3.84. The molecule has 5 nitrogen and oxygen atoms in total. The lowest BCUT2D eigenvalue weighted by Gasteiger charge is -2.29. The average Bonchev–Trinajstić information content (AvgIpc) is 2.63. The van der Waals surface area contributed by atoms with Crippen molar-refractivity contribution >= 4 is 17.6 Å². The van der Waals surface area contributed by atoms with Gasteiger partial charge < -0.3 is 9.47 Å². The van der Waals surface area contributed by atoms with E-state index in [1.54, 1.807) is 44.4 Å². The lowest BCUT2D eigenvalue weighted by Crippen LogP contribution is -2.44. The molecule has 1 amide bonds. The van der Waals surface area contributed by atoms with Crippen LogP contribution in [0.1, 0.15) is 22.8 Å². The number of methoxy groups -OCH3 is 2. The third-order valence-electron chi connectivity index (χ3n) is 3.84. The number of benzene rings is 2. The number of nitrogens with zero attached hydrogens (tertiary/aromatic N) is 1. The molecule has 24 heavy (non-hydrogen) atoms. The molecule has 0 spiro atoms. The van der Waals surface area contributed by atoms with Crippen molar-refractivity contribution in [3.63, 3.8) is 0 Å². The topological polar surface area (TPSA) is 55.8 Å². The zero-order chi connectivity index (χ0) is 17.7. The minimum atomic E-state index is -0.770. The summed E-state index contributed by atoms with van der Waals surface area (Å²) in [5, 5.41) is 0. The van der Waals surface area contributed by atoms with Crippen molar-refractivity contribution in [3.8, 4) is 5.75 Å². The minimum Gasteiger partial charge on any atom is -0.497 e. The summed E-state index contributed by atoms with van der Waals surface area (Å²) in [6.07, 6.45) is 0. The Bertz CT molecular complexity index is 727. The van der Waals surface area contributed by atoms with Crippen LogP contribution < -0.4 is 9.64 Å². The molecule has 0 bridgehead atoms. The average molecular weight is 327 g/mol. The number of hydrogen-bond donors (Lipinski definition) is 0. The smallest absolute Gasteiger partial charge is 0.328 e. The number of esters is 1. The molecule has 0 aromatic heterocycles. The van der Waals surface area contributed by atoms with Crippen LogP contribution in [0.2, 0.25) is 0 Å². The number of hydrogen-bond acceptors (Lipinski definition) is 4. The summed E-state index contributed by atoms with van der Waals surface area (Å²) in [6.45, 7) is 3.52. The van der Waals surface area contributed by atoms with E-state index >= 15 is 0 Å². The predicted molar refractivity (Wildman–Crippen MR) is 92.5 cm³/mol. The summed E-state index contributed by atoms with van der Waals surface area (Å²) in [7, 11) is 2.87. The van der Waals surface area contributed by atoms with E-state index in [1.165, 1.54) is 12.0 Å². The Morgan fingerprint density at radius 1 is 1.04 bits per heavy atom. The van der Waals surface area contributed by atoms with Crippen molar-refractivity contribution in [1.29, 1.82) is 0 Å². The monoisotopic (exact) mass is 327 g/mol. The van der Waals surface area contributed by atoms with Crippen LogP contribution in [0.15, 0.2) is 48.5 Å². The van der Waals surface area contributed by atoms with E-state index in [4.69, 9.17) is 9.47 Å². The second-order valence-corrected chi connectivity index (χ2v) is 5.39. The number of amides is 1. The van der Waals surface area contributed by atoms with Crippen LogP contribution in [0, 0.1) is 6.92 Å². The van der Waals surface area contributed by atoms with Gasteiger partial charge in [0.2, 0.25) is 0 Å². The number of carbonyl (C=O) groups is 2. The highest BCUT2D eigenvalue weighted by Gasteiger charge is 2.30. The molecule has 0 aliphatic heterocycles. The van der Waals surface area contributed by atoms with Crippen LogP contribution in [0.5, 0.6) is 5.75 Å². The normalized spacial score (nSPS) is 11.5. The van der Waals surface area contributed by atoms with Gasteiger partial charge in [0.05, 0.1) is 19.9 Å². The molecular formula is C19H21NO4. The molecule has 126 valence electrons. The molecule has 2 aromatic carbocycles. The van der Waals surface area contributed by atoms with Crippen LogP contribution in [-0.2, 0) is 9.53 Å². The number of anilines is 1. The first-order valence-electron chi connectivity index (χ1n) is 7.60. The zero-order valence-corrected chi connectivity index (χ0v) is 14.3. The predicted octanol–water partition coefficient (Wildman–Crippen LogP) is 3.21. The van der Waals surface area contributed by atoms with Gasteiger partial charge in [-0.25, -0.2) is 4.79 Å². The first kappa shape index (κ1) is 17.5. The van der Waals surface area contributed by atoms with Crippen LogP contribution in [-0.4, -0.2) is 32.1 Å². The highest BCUT2D eigenvalue weighted by Crippen LogP contribution is 2.29. The molecule has 0 radical (unpaired) electrons. The number of ether oxygens (including phenoxy) is 2. The molecule has 0 saturated heterocycles. The molecule has 0 fully saturated rings. The van der Waals surface area contributed by atoms with Gasteiger partial charge in [0.1, 0.15) is 11.8 Å². The van der Waals surface area contributed by atoms with Gasteiger partial charge in [0.25, 0.3) is 5.91 Å². The van der Waals surface area contributed by atoms with E-state index in [9.17, 15) is 9.59 Å². The highest BCUT2D eigenvalue weighted by molar-refractivity contribution is 6.09. The fraction of sp³-hybridized carbons (Fsp3) is 0.263. The molecule has 0 heterocycles. The lowest BCUT2D eigenvalue weighted by atomic mass is 10.1. The SMILES string of the molecule is COC(=O)[C@H](C)N(C(=O)c1ccccc1)c1cc(OC)ccc1C. The van der Waals surface area contributed by atoms with Gasteiger partial charge in [-0.05, 0) is 37.6 Å². The molecule has 0 saturated carbocycles. The minimum absolute atomic E-state index is 0.273. The fourth-order valence-corrected chi connectivity index (χ4v) is 2.47. The quantitative estimate of drug-likeness (QED) is 0.791. The zero-order valence-electron chi connectivity index (χ0n) is 14.3. The number of carbonyl (C=O) groups excluding carboxylic acids is 2. The maximum absolute atomic E-state index is 13.0. The number of rotatable bonds is 5. The molecule has 0 aliphatic rings. The standard InChI is InChI=1S/C19H21NO4/c1-13-10-11-16(23-3)12-17(13)20(14(2)19(22)24-4)18(21)15-8-6-5-7-9-15/h5-12,14H,1-4H3/t14-/m0/s1. The fourth-order valence-electron chi connectivity index (χ4n) is 2.47. The van der Waals surface area contributed by atoms with E-state index in [-0.39, 0.29) is 5.91 Å². The Morgan fingerprint density at radius 3 is 2.29 bits per heavy atom. The summed E-state index contributed by atoms with van der Waals surface area (Å²) in [4.78, 5) is 26.6. The highest BCUT2D eigenvalue weighted by atomic mass is 16.5. The van der Waals surface area contributed by atoms with Crippen molar-refractivity contribution in [2.75, 3.05) is 19.1 Å². The summed E-state index contributed by atoms with van der Waals surface area (Å²) < 4.78 is 10.1. The van der Waals surface area contributed by atoms with E-state index in [0.717, 1.165) is 5.56 Å². The second kappa shape index (κ2) is 7.64. The Kier molecular flexibility index (Phi) is 5.58. The van der Waals surface area contributed by atoms with Gasteiger partial charge in [-0.2, -0.15) is 0 Å². The van der Waals surface area contributed by atoms with Gasteiger partial charge >= 0.3 is 5.97 Å². The molecule has 2 aromatic rings. The van der Waals surface area contributed by atoms with Gasteiger partial charge in [-0.15, -0.1) is 0 Å². The van der Waals surface area contributed by atoms with E-state index in [1.807, 2.05) is 25.1 Å². The largest absolute Gasteiger partial charge is 0.497 e. The Balaban J connectivity index is 2.55. The molecule has 2 rings (SSSR count). The maximum Gasteiger partial charge on any atom is 0.328 e. The van der Waals surface area contributed by atoms with Crippen LogP contribution >= 0.6 is 0 Å². The molecule has 0 aliphatic carbocycles. The van der Waals surface area contributed by atoms with Gasteiger partial charge in [-0.1, -0.05) is 24.3 Å². The van der Waals surface area contributed by atoms with Gasteiger partial charge in [0, 0.05) is 11.6 Å². The molecule has 1 atom stereocenters. The molecule has 0 N–H and O–H groups in total. The van der Waals surface area contributed by atoms with Crippen molar-refractivity contribution < 1.29 is 19.1 Å². The van der Waals surface area contributed by atoms with Crippen molar-refractivity contribution in [2.45, 2.75) is 19.9 Å². The molecular weight excluding hydrogens is 306 g/mol. The number of aryl methyl sites for hydroxylation is 1. The van der Waals surface area contributed by atoms with Crippen LogP contribution in [0.3, 0.4) is 0 Å². The van der Waals surface area contributed by atoms with E-state index < -0.39 is 12.0 Å². The second-order valence-electron chi connectivity index (χ2n) is 5.39. The summed E-state index contributed by atoms with van der Waals surface area (Å²) >= 11 is 0. The summed E-state index contributed by atoms with van der Waals surface area (Å²) in [6, 6.07) is 13.5. The maximum atomic E-state index is 13.0. The first-order valence-corrected chi connectivity index (χ1v) is 7.60. The Hall–Kier alpha value is -2.82. The Labute approximate surface area is 141 Å². The third kappa shape index (κ3) is 3.56. The lowest BCUT2D eigenvalue weighted by molar-refractivity contribution is -0.141.